The number of rotatable bonds is 5. The Hall–Kier alpha value is -1.28. The highest BCUT2D eigenvalue weighted by atomic mass is 32.2. The van der Waals surface area contributed by atoms with Crippen LogP contribution in [0.4, 0.5) is 18.9 Å². The molecule has 0 spiro atoms. The summed E-state index contributed by atoms with van der Waals surface area (Å²) in [4.78, 5) is -0.818. The fourth-order valence-electron chi connectivity index (χ4n) is 1.36. The average molecular weight is 311 g/mol. The fourth-order valence-corrected chi connectivity index (χ4v) is 2.30. The van der Waals surface area contributed by atoms with Crippen LogP contribution in [0, 0.1) is 5.41 Å². The minimum absolute atomic E-state index is 0.133. The van der Waals surface area contributed by atoms with Gasteiger partial charge in [-0.25, -0.2) is 8.42 Å². The summed E-state index contributed by atoms with van der Waals surface area (Å²) in [5.41, 5.74) is -6.07. The van der Waals surface area contributed by atoms with Crippen LogP contribution in [0.2, 0.25) is 0 Å². The Kier molecular flexibility index (Phi) is 4.70. The van der Waals surface area contributed by atoms with Gasteiger partial charge in [-0.15, -0.1) is 0 Å². The topological polar surface area (TPSA) is 66.4 Å². The van der Waals surface area contributed by atoms with E-state index in [0.717, 1.165) is 6.07 Å². The molecule has 0 saturated carbocycles. The van der Waals surface area contributed by atoms with Crippen molar-refractivity contribution in [2.24, 2.45) is 5.41 Å². The second kappa shape index (κ2) is 5.61. The van der Waals surface area contributed by atoms with E-state index < -0.39 is 25.7 Å². The van der Waals surface area contributed by atoms with Crippen molar-refractivity contribution in [2.45, 2.75) is 24.3 Å². The van der Waals surface area contributed by atoms with E-state index in [2.05, 4.69) is 5.32 Å². The van der Waals surface area contributed by atoms with Crippen LogP contribution in [0.15, 0.2) is 29.2 Å². The molecule has 114 valence electrons. The number of aliphatic hydroxyl groups excluding tert-OH is 1. The molecule has 0 bridgehead atoms. The van der Waals surface area contributed by atoms with Gasteiger partial charge in [0.15, 0.2) is 0 Å². The summed E-state index contributed by atoms with van der Waals surface area (Å²) in [6, 6.07) is 4.81. The molecular formula is C12H16F3NO3S. The monoisotopic (exact) mass is 311 g/mol. The lowest BCUT2D eigenvalue weighted by Gasteiger charge is -2.23. The molecule has 0 aliphatic heterocycles. The molecule has 1 rings (SSSR count). The highest BCUT2D eigenvalue weighted by Gasteiger charge is 2.47. The Morgan fingerprint density at radius 3 is 2.25 bits per heavy atom. The van der Waals surface area contributed by atoms with Gasteiger partial charge in [0, 0.05) is 18.6 Å². The van der Waals surface area contributed by atoms with E-state index in [1.807, 2.05) is 0 Å². The third-order valence-corrected chi connectivity index (χ3v) is 4.21. The lowest BCUT2D eigenvalue weighted by atomic mass is 9.95. The van der Waals surface area contributed by atoms with Crippen molar-refractivity contribution in [3.05, 3.63) is 24.3 Å². The van der Waals surface area contributed by atoms with E-state index in [0.29, 0.717) is 0 Å². The first-order chi connectivity index (χ1) is 9.01. The van der Waals surface area contributed by atoms with E-state index in [9.17, 15) is 21.6 Å². The number of hydrogen-bond donors (Lipinski definition) is 2. The molecule has 0 aliphatic carbocycles. The summed E-state index contributed by atoms with van der Waals surface area (Å²) < 4.78 is 60.7. The maximum Gasteiger partial charge on any atom is 0.501 e. The minimum atomic E-state index is -5.41. The van der Waals surface area contributed by atoms with Gasteiger partial charge in [-0.05, 0) is 12.1 Å². The number of aliphatic hydroxyl groups is 1. The zero-order valence-corrected chi connectivity index (χ0v) is 11.8. The Bertz CT molecular complexity index is 568. The fraction of sp³-hybridized carbons (Fsp3) is 0.500. The van der Waals surface area contributed by atoms with Crippen LogP contribution >= 0.6 is 0 Å². The Morgan fingerprint density at radius 1 is 1.20 bits per heavy atom. The molecular weight excluding hydrogens is 295 g/mol. The first-order valence-corrected chi connectivity index (χ1v) is 7.25. The number of alkyl halides is 3. The number of anilines is 1. The number of halogens is 3. The molecule has 0 saturated heterocycles. The molecule has 20 heavy (non-hydrogen) atoms. The Morgan fingerprint density at radius 2 is 1.75 bits per heavy atom. The van der Waals surface area contributed by atoms with Crippen molar-refractivity contribution in [2.75, 3.05) is 18.5 Å². The smallest absolute Gasteiger partial charge is 0.396 e. The molecule has 0 fully saturated rings. The molecule has 0 heterocycles. The molecule has 1 aromatic carbocycles. The zero-order chi connectivity index (χ0) is 15.6. The van der Waals surface area contributed by atoms with Crippen molar-refractivity contribution >= 4 is 15.5 Å². The molecule has 0 atom stereocenters. The van der Waals surface area contributed by atoms with Crippen LogP contribution in [0.3, 0.4) is 0 Å². The summed E-state index contributed by atoms with van der Waals surface area (Å²) in [6.45, 7) is 3.34. The van der Waals surface area contributed by atoms with E-state index >= 15 is 0 Å². The maximum absolute atomic E-state index is 12.6. The first-order valence-electron chi connectivity index (χ1n) is 5.76. The van der Waals surface area contributed by atoms with E-state index in [1.54, 1.807) is 13.8 Å². The standard InChI is InChI=1S/C12H16F3NO3S/c1-11(2,8-17)7-16-9-5-3-4-6-10(9)20(18,19)12(13,14)15/h3-6,16-17H,7-8H2,1-2H3. The highest BCUT2D eigenvalue weighted by molar-refractivity contribution is 7.92. The second-order valence-corrected chi connectivity index (χ2v) is 7.03. The van der Waals surface area contributed by atoms with Crippen LogP contribution < -0.4 is 5.32 Å². The van der Waals surface area contributed by atoms with Gasteiger partial charge < -0.3 is 10.4 Å². The van der Waals surface area contributed by atoms with Gasteiger partial charge in [0.2, 0.25) is 0 Å². The van der Waals surface area contributed by atoms with Crippen molar-refractivity contribution in [1.82, 2.24) is 0 Å². The van der Waals surface area contributed by atoms with Crippen LogP contribution in [-0.4, -0.2) is 32.2 Å². The van der Waals surface area contributed by atoms with Gasteiger partial charge in [-0.1, -0.05) is 26.0 Å². The average Bonchev–Trinajstić information content (AvgIpc) is 2.35. The normalized spacial score (nSPS) is 13.3. The summed E-state index contributed by atoms with van der Waals surface area (Å²) in [5, 5.41) is 11.7. The Labute approximate surface area is 115 Å². The summed E-state index contributed by atoms with van der Waals surface area (Å²) in [7, 11) is -5.41. The number of nitrogens with one attached hydrogen (secondary N) is 1. The highest BCUT2D eigenvalue weighted by Crippen LogP contribution is 2.34. The number of para-hydroxylation sites is 1. The van der Waals surface area contributed by atoms with E-state index in [4.69, 9.17) is 5.11 Å². The molecule has 1 aromatic rings. The lowest BCUT2D eigenvalue weighted by molar-refractivity contribution is -0.0435. The lowest BCUT2D eigenvalue weighted by Crippen LogP contribution is -2.28. The molecule has 4 nitrogen and oxygen atoms in total. The quantitative estimate of drug-likeness (QED) is 0.876. The molecule has 0 aliphatic rings. The molecule has 0 amide bonds. The third kappa shape index (κ3) is 3.63. The van der Waals surface area contributed by atoms with Crippen molar-refractivity contribution in [3.63, 3.8) is 0 Å². The van der Waals surface area contributed by atoms with Crippen LogP contribution in [0.25, 0.3) is 0 Å². The van der Waals surface area contributed by atoms with Crippen molar-refractivity contribution in [3.8, 4) is 0 Å². The summed E-state index contributed by atoms with van der Waals surface area (Å²) in [5.74, 6) is 0. The van der Waals surface area contributed by atoms with Crippen LogP contribution in [0.5, 0.6) is 0 Å². The van der Waals surface area contributed by atoms with Gasteiger partial charge in [0.1, 0.15) is 0 Å². The first kappa shape index (κ1) is 16.8. The zero-order valence-electron chi connectivity index (χ0n) is 11.0. The number of benzene rings is 1. The second-order valence-electron chi connectivity index (χ2n) is 5.12. The summed E-state index contributed by atoms with van der Waals surface area (Å²) >= 11 is 0. The van der Waals surface area contributed by atoms with Gasteiger partial charge in [-0.2, -0.15) is 13.2 Å². The number of sulfone groups is 1. The molecule has 2 N–H and O–H groups in total. The molecule has 0 radical (unpaired) electrons. The van der Waals surface area contributed by atoms with Crippen molar-refractivity contribution in [1.29, 1.82) is 0 Å². The van der Waals surface area contributed by atoms with Gasteiger partial charge in [-0.3, -0.25) is 0 Å². The van der Waals surface area contributed by atoms with Gasteiger partial charge >= 0.3 is 5.51 Å². The summed E-state index contributed by atoms with van der Waals surface area (Å²) in [6.07, 6.45) is 0. The van der Waals surface area contributed by atoms with Crippen molar-refractivity contribution < 1.29 is 26.7 Å². The van der Waals surface area contributed by atoms with E-state index in [-0.39, 0.29) is 18.8 Å². The van der Waals surface area contributed by atoms with E-state index in [1.165, 1.54) is 18.2 Å². The van der Waals surface area contributed by atoms with Crippen LogP contribution in [0.1, 0.15) is 13.8 Å². The third-order valence-electron chi connectivity index (χ3n) is 2.67. The predicted molar refractivity (Wildman–Crippen MR) is 69.0 cm³/mol. The number of hydrogen-bond acceptors (Lipinski definition) is 4. The van der Waals surface area contributed by atoms with Crippen LogP contribution in [-0.2, 0) is 9.84 Å². The largest absolute Gasteiger partial charge is 0.501 e. The Balaban J connectivity index is 3.14. The minimum Gasteiger partial charge on any atom is -0.396 e. The van der Waals surface area contributed by atoms with Gasteiger partial charge in [0.05, 0.1) is 10.6 Å². The predicted octanol–water partition coefficient (Wildman–Crippen LogP) is 2.41. The van der Waals surface area contributed by atoms with Gasteiger partial charge in [0.25, 0.3) is 9.84 Å². The maximum atomic E-state index is 12.6. The molecule has 0 unspecified atom stereocenters. The molecule has 8 heteroatoms. The molecule has 0 aromatic heterocycles. The SMILES string of the molecule is CC(C)(CO)CNc1ccccc1S(=O)(=O)C(F)(F)F.